The second-order valence-electron chi connectivity index (χ2n) is 3.49. The van der Waals surface area contributed by atoms with Crippen LogP contribution in [0, 0.1) is 5.92 Å². The first kappa shape index (κ1) is 8.85. The van der Waals surface area contributed by atoms with Gasteiger partial charge in [0, 0.05) is 29.7 Å². The molecule has 0 bridgehead atoms. The Morgan fingerprint density at radius 3 is 2.85 bits per heavy atom. The lowest BCUT2D eigenvalue weighted by Gasteiger charge is -2.40. The predicted octanol–water partition coefficient (Wildman–Crippen LogP) is 1.73. The molecule has 1 fully saturated rings. The van der Waals surface area contributed by atoms with Crippen molar-refractivity contribution in [3.8, 4) is 0 Å². The molecule has 0 radical (unpaired) electrons. The Kier molecular flexibility index (Phi) is 2.42. The summed E-state index contributed by atoms with van der Waals surface area (Å²) in [5.74, 6) is 0.666. The van der Waals surface area contributed by atoms with Crippen molar-refractivity contribution in [1.82, 2.24) is 0 Å². The third-order valence-electron chi connectivity index (χ3n) is 2.46. The first-order chi connectivity index (χ1) is 6.29. The molecule has 2 rings (SSSR count). The number of anilines is 1. The van der Waals surface area contributed by atoms with Crippen LogP contribution in [0.1, 0.15) is 0 Å². The summed E-state index contributed by atoms with van der Waals surface area (Å²) in [5, 5.41) is 0.800. The Balaban J connectivity index is 2.03. The van der Waals surface area contributed by atoms with E-state index in [9.17, 15) is 0 Å². The fourth-order valence-corrected chi connectivity index (χ4v) is 1.79. The lowest BCUT2D eigenvalue weighted by atomic mass is 10.00. The summed E-state index contributed by atoms with van der Waals surface area (Å²) in [7, 11) is 0. The van der Waals surface area contributed by atoms with Crippen LogP contribution in [0.25, 0.3) is 0 Å². The van der Waals surface area contributed by atoms with Gasteiger partial charge in [0.25, 0.3) is 0 Å². The second kappa shape index (κ2) is 3.56. The molecule has 1 aliphatic rings. The van der Waals surface area contributed by atoms with Crippen LogP contribution in [-0.2, 0) is 0 Å². The van der Waals surface area contributed by atoms with E-state index in [-0.39, 0.29) is 0 Å². The number of hydrogen-bond acceptors (Lipinski definition) is 2. The number of halogens is 1. The summed E-state index contributed by atoms with van der Waals surface area (Å²) >= 11 is 5.89. The monoisotopic (exact) mass is 196 g/mol. The maximum atomic E-state index is 5.89. The molecule has 0 spiro atoms. The van der Waals surface area contributed by atoms with E-state index in [4.69, 9.17) is 17.3 Å². The maximum Gasteiger partial charge on any atom is 0.0426 e. The molecular formula is C10H13ClN2. The van der Waals surface area contributed by atoms with Crippen LogP contribution < -0.4 is 10.6 Å². The van der Waals surface area contributed by atoms with E-state index in [1.54, 1.807) is 0 Å². The summed E-state index contributed by atoms with van der Waals surface area (Å²) < 4.78 is 0. The molecule has 0 unspecified atom stereocenters. The highest BCUT2D eigenvalue weighted by atomic mass is 35.5. The molecule has 1 aliphatic heterocycles. The molecule has 1 saturated heterocycles. The van der Waals surface area contributed by atoms with Crippen molar-refractivity contribution in [3.63, 3.8) is 0 Å². The van der Waals surface area contributed by atoms with E-state index in [0.717, 1.165) is 24.7 Å². The fourth-order valence-electron chi connectivity index (χ4n) is 1.60. The molecule has 2 nitrogen and oxygen atoms in total. The lowest BCUT2D eigenvalue weighted by molar-refractivity contribution is 0.420. The van der Waals surface area contributed by atoms with Crippen molar-refractivity contribution in [2.75, 3.05) is 24.5 Å². The average molecular weight is 197 g/mol. The van der Waals surface area contributed by atoms with Gasteiger partial charge in [0.05, 0.1) is 0 Å². The summed E-state index contributed by atoms with van der Waals surface area (Å²) in [5.41, 5.74) is 6.76. The SMILES string of the molecule is NCC1CN(c2cccc(Cl)c2)C1. The summed E-state index contributed by atoms with van der Waals surface area (Å²) in [6.45, 7) is 2.92. The van der Waals surface area contributed by atoms with E-state index in [1.165, 1.54) is 5.69 Å². The highest BCUT2D eigenvalue weighted by Crippen LogP contribution is 2.25. The van der Waals surface area contributed by atoms with E-state index in [2.05, 4.69) is 11.0 Å². The van der Waals surface area contributed by atoms with Crippen molar-refractivity contribution < 1.29 is 0 Å². The van der Waals surface area contributed by atoms with Gasteiger partial charge in [-0.15, -0.1) is 0 Å². The smallest absolute Gasteiger partial charge is 0.0426 e. The maximum absolute atomic E-state index is 5.89. The average Bonchev–Trinajstić information content (AvgIpc) is 2.02. The largest absolute Gasteiger partial charge is 0.371 e. The molecule has 0 aliphatic carbocycles. The first-order valence-corrected chi connectivity index (χ1v) is 4.88. The van der Waals surface area contributed by atoms with E-state index >= 15 is 0 Å². The van der Waals surface area contributed by atoms with Gasteiger partial charge in [-0.05, 0) is 24.7 Å². The molecule has 1 aromatic rings. The molecule has 0 atom stereocenters. The van der Waals surface area contributed by atoms with E-state index in [1.807, 2.05) is 18.2 Å². The Bertz CT molecular complexity index is 295. The summed E-state index contributed by atoms with van der Waals surface area (Å²) in [6.07, 6.45) is 0. The van der Waals surface area contributed by atoms with Gasteiger partial charge >= 0.3 is 0 Å². The minimum absolute atomic E-state index is 0.666. The van der Waals surface area contributed by atoms with E-state index < -0.39 is 0 Å². The molecule has 70 valence electrons. The molecule has 13 heavy (non-hydrogen) atoms. The number of rotatable bonds is 2. The van der Waals surface area contributed by atoms with Crippen LogP contribution >= 0.6 is 11.6 Å². The topological polar surface area (TPSA) is 29.3 Å². The Hall–Kier alpha value is -0.730. The molecule has 2 N–H and O–H groups in total. The highest BCUT2D eigenvalue weighted by Gasteiger charge is 2.25. The zero-order valence-corrected chi connectivity index (χ0v) is 8.17. The normalized spacial score (nSPS) is 17.2. The minimum atomic E-state index is 0.666. The molecule has 0 saturated carbocycles. The molecule has 1 heterocycles. The Labute approximate surface area is 83.3 Å². The van der Waals surface area contributed by atoms with Crippen molar-refractivity contribution >= 4 is 17.3 Å². The Morgan fingerprint density at radius 2 is 2.23 bits per heavy atom. The van der Waals surface area contributed by atoms with Gasteiger partial charge in [0.1, 0.15) is 0 Å². The third kappa shape index (κ3) is 1.79. The highest BCUT2D eigenvalue weighted by molar-refractivity contribution is 6.30. The number of benzene rings is 1. The third-order valence-corrected chi connectivity index (χ3v) is 2.70. The van der Waals surface area contributed by atoms with Gasteiger partial charge in [-0.2, -0.15) is 0 Å². The fraction of sp³-hybridized carbons (Fsp3) is 0.400. The van der Waals surface area contributed by atoms with Gasteiger partial charge in [0.15, 0.2) is 0 Å². The lowest BCUT2D eigenvalue weighted by Crippen LogP contribution is -2.49. The minimum Gasteiger partial charge on any atom is -0.371 e. The number of nitrogens with zero attached hydrogens (tertiary/aromatic N) is 1. The van der Waals surface area contributed by atoms with Crippen molar-refractivity contribution in [2.24, 2.45) is 11.7 Å². The predicted molar refractivity (Wildman–Crippen MR) is 56.2 cm³/mol. The van der Waals surface area contributed by atoms with Gasteiger partial charge in [-0.1, -0.05) is 17.7 Å². The summed E-state index contributed by atoms with van der Waals surface area (Å²) in [4.78, 5) is 2.30. The van der Waals surface area contributed by atoms with Crippen LogP contribution in [-0.4, -0.2) is 19.6 Å². The van der Waals surface area contributed by atoms with Crippen molar-refractivity contribution in [2.45, 2.75) is 0 Å². The van der Waals surface area contributed by atoms with E-state index in [0.29, 0.717) is 5.92 Å². The van der Waals surface area contributed by atoms with Crippen molar-refractivity contribution in [1.29, 1.82) is 0 Å². The Morgan fingerprint density at radius 1 is 1.46 bits per heavy atom. The van der Waals surface area contributed by atoms with Gasteiger partial charge < -0.3 is 10.6 Å². The molecule has 0 amide bonds. The van der Waals surface area contributed by atoms with Crippen LogP contribution in [0.2, 0.25) is 5.02 Å². The van der Waals surface area contributed by atoms with Crippen molar-refractivity contribution in [3.05, 3.63) is 29.3 Å². The zero-order chi connectivity index (χ0) is 9.26. The molecule has 1 aromatic carbocycles. The number of hydrogen-bond donors (Lipinski definition) is 1. The number of nitrogens with two attached hydrogens (primary N) is 1. The molecule has 3 heteroatoms. The quantitative estimate of drug-likeness (QED) is 0.781. The van der Waals surface area contributed by atoms with Crippen LogP contribution in [0.15, 0.2) is 24.3 Å². The first-order valence-electron chi connectivity index (χ1n) is 4.50. The standard InChI is InChI=1S/C10H13ClN2/c11-9-2-1-3-10(4-9)13-6-8(5-12)7-13/h1-4,8H,5-7,12H2. The summed E-state index contributed by atoms with van der Waals surface area (Å²) in [6, 6.07) is 7.95. The van der Waals surface area contributed by atoms with Crippen LogP contribution in [0.5, 0.6) is 0 Å². The molecular weight excluding hydrogens is 184 g/mol. The van der Waals surface area contributed by atoms with Gasteiger partial charge in [-0.3, -0.25) is 0 Å². The van der Waals surface area contributed by atoms with Crippen LogP contribution in [0.3, 0.4) is 0 Å². The van der Waals surface area contributed by atoms with Gasteiger partial charge in [0.2, 0.25) is 0 Å². The second-order valence-corrected chi connectivity index (χ2v) is 3.92. The zero-order valence-electron chi connectivity index (χ0n) is 7.41. The molecule has 0 aromatic heterocycles. The van der Waals surface area contributed by atoms with Gasteiger partial charge in [-0.25, -0.2) is 0 Å². The van der Waals surface area contributed by atoms with Crippen LogP contribution in [0.4, 0.5) is 5.69 Å².